The third-order valence-corrected chi connectivity index (χ3v) is 5.95. The fraction of sp³-hybridized carbons (Fsp3) is 0.900. The molecule has 1 unspecified atom stereocenters. The summed E-state index contributed by atoms with van der Waals surface area (Å²) in [4.78, 5) is 11.7. The van der Waals surface area contributed by atoms with Crippen LogP contribution in [0.3, 0.4) is 0 Å². The number of rotatable bonds is 4. The standard InChI is InChI=1S/C10H18N2O3S/c11-7-10(3-4-10)9(13)12-6-8-2-1-5-16(8,14)15/h8H,1-7,11H2,(H,12,13). The number of hydrogen-bond donors (Lipinski definition) is 2. The minimum atomic E-state index is -2.96. The molecule has 1 saturated carbocycles. The van der Waals surface area contributed by atoms with E-state index in [1.165, 1.54) is 0 Å². The third kappa shape index (κ3) is 2.08. The Morgan fingerprint density at radius 3 is 2.56 bits per heavy atom. The number of carbonyl (C=O) groups excluding carboxylic acids is 1. The number of sulfone groups is 1. The molecule has 1 aliphatic heterocycles. The van der Waals surface area contributed by atoms with E-state index in [9.17, 15) is 13.2 Å². The van der Waals surface area contributed by atoms with Gasteiger partial charge in [0.2, 0.25) is 5.91 Å². The first-order valence-corrected chi connectivity index (χ1v) is 7.42. The Kier molecular flexibility index (Phi) is 2.96. The first-order valence-electron chi connectivity index (χ1n) is 5.70. The average molecular weight is 246 g/mol. The lowest BCUT2D eigenvalue weighted by Gasteiger charge is -2.15. The predicted molar refractivity (Wildman–Crippen MR) is 60.5 cm³/mol. The van der Waals surface area contributed by atoms with Gasteiger partial charge in [-0.15, -0.1) is 0 Å². The van der Waals surface area contributed by atoms with E-state index in [1.807, 2.05) is 0 Å². The molecule has 0 bridgehead atoms. The van der Waals surface area contributed by atoms with Crippen molar-refractivity contribution < 1.29 is 13.2 Å². The lowest BCUT2D eigenvalue weighted by Crippen LogP contribution is -2.41. The summed E-state index contributed by atoms with van der Waals surface area (Å²) < 4.78 is 23.1. The van der Waals surface area contributed by atoms with Crippen molar-refractivity contribution in [1.82, 2.24) is 5.32 Å². The van der Waals surface area contributed by atoms with Crippen LogP contribution in [0.2, 0.25) is 0 Å². The summed E-state index contributed by atoms with van der Waals surface area (Å²) in [5.74, 6) is 0.187. The highest BCUT2D eigenvalue weighted by Crippen LogP contribution is 2.44. The first kappa shape index (κ1) is 11.9. The molecule has 1 amide bonds. The van der Waals surface area contributed by atoms with Crippen LogP contribution in [0.5, 0.6) is 0 Å². The molecule has 1 heterocycles. The molecular weight excluding hydrogens is 228 g/mol. The van der Waals surface area contributed by atoms with E-state index in [4.69, 9.17) is 5.73 Å². The van der Waals surface area contributed by atoms with E-state index >= 15 is 0 Å². The summed E-state index contributed by atoms with van der Waals surface area (Å²) in [5.41, 5.74) is 5.14. The van der Waals surface area contributed by atoms with E-state index in [-0.39, 0.29) is 28.9 Å². The maximum Gasteiger partial charge on any atom is 0.227 e. The second kappa shape index (κ2) is 4.00. The van der Waals surface area contributed by atoms with Gasteiger partial charge in [-0.3, -0.25) is 4.79 Å². The highest BCUT2D eigenvalue weighted by atomic mass is 32.2. The Morgan fingerprint density at radius 1 is 1.44 bits per heavy atom. The topological polar surface area (TPSA) is 89.3 Å². The Labute approximate surface area is 95.7 Å². The molecule has 16 heavy (non-hydrogen) atoms. The number of amides is 1. The summed E-state index contributed by atoms with van der Waals surface area (Å²) in [6.45, 7) is 0.610. The van der Waals surface area contributed by atoms with Crippen LogP contribution < -0.4 is 11.1 Å². The predicted octanol–water partition coefficient (Wildman–Crippen LogP) is -0.581. The van der Waals surface area contributed by atoms with Crippen LogP contribution in [0.15, 0.2) is 0 Å². The Bertz CT molecular complexity index is 387. The van der Waals surface area contributed by atoms with Crippen LogP contribution in [-0.4, -0.2) is 38.4 Å². The van der Waals surface area contributed by atoms with Gasteiger partial charge in [0.25, 0.3) is 0 Å². The van der Waals surface area contributed by atoms with E-state index in [1.54, 1.807) is 0 Å². The Balaban J connectivity index is 1.86. The smallest absolute Gasteiger partial charge is 0.227 e. The van der Waals surface area contributed by atoms with Gasteiger partial charge >= 0.3 is 0 Å². The normalized spacial score (nSPS) is 29.9. The average Bonchev–Trinajstić information content (AvgIpc) is 2.96. The molecule has 6 heteroatoms. The number of hydrogen-bond acceptors (Lipinski definition) is 4. The van der Waals surface area contributed by atoms with Gasteiger partial charge in [-0.1, -0.05) is 0 Å². The zero-order chi connectivity index (χ0) is 11.8. The van der Waals surface area contributed by atoms with E-state index in [0.717, 1.165) is 12.8 Å². The van der Waals surface area contributed by atoms with E-state index < -0.39 is 9.84 Å². The van der Waals surface area contributed by atoms with Crippen molar-refractivity contribution in [2.75, 3.05) is 18.8 Å². The second-order valence-corrected chi connectivity index (χ2v) is 7.23. The van der Waals surface area contributed by atoms with Gasteiger partial charge in [0, 0.05) is 13.1 Å². The van der Waals surface area contributed by atoms with E-state index in [2.05, 4.69) is 5.32 Å². The molecule has 1 atom stereocenters. The molecule has 1 saturated heterocycles. The van der Waals surface area contributed by atoms with Crippen LogP contribution in [-0.2, 0) is 14.6 Å². The molecule has 2 fully saturated rings. The van der Waals surface area contributed by atoms with Gasteiger partial charge in [-0.2, -0.15) is 0 Å². The molecular formula is C10H18N2O3S. The quantitative estimate of drug-likeness (QED) is 0.694. The first-order chi connectivity index (χ1) is 7.50. The maximum atomic E-state index is 11.7. The summed E-state index contributed by atoms with van der Waals surface area (Å²) in [6, 6.07) is 0. The van der Waals surface area contributed by atoms with E-state index in [0.29, 0.717) is 19.4 Å². The zero-order valence-electron chi connectivity index (χ0n) is 9.24. The largest absolute Gasteiger partial charge is 0.354 e. The molecule has 2 rings (SSSR count). The molecule has 0 spiro atoms. The van der Waals surface area contributed by atoms with Crippen molar-refractivity contribution in [3.05, 3.63) is 0 Å². The minimum Gasteiger partial charge on any atom is -0.354 e. The monoisotopic (exact) mass is 246 g/mol. The second-order valence-electron chi connectivity index (χ2n) is 4.83. The van der Waals surface area contributed by atoms with Gasteiger partial charge in [-0.05, 0) is 25.7 Å². The summed E-state index contributed by atoms with van der Waals surface area (Å²) in [6.07, 6.45) is 3.03. The lowest BCUT2D eigenvalue weighted by molar-refractivity contribution is -0.125. The molecule has 0 aromatic carbocycles. The maximum absolute atomic E-state index is 11.7. The van der Waals surface area contributed by atoms with Crippen molar-refractivity contribution in [1.29, 1.82) is 0 Å². The zero-order valence-corrected chi connectivity index (χ0v) is 10.1. The van der Waals surface area contributed by atoms with Gasteiger partial charge in [0.15, 0.2) is 9.84 Å². The Hall–Kier alpha value is -0.620. The Morgan fingerprint density at radius 2 is 2.12 bits per heavy atom. The van der Waals surface area contributed by atoms with Gasteiger partial charge < -0.3 is 11.1 Å². The fourth-order valence-electron chi connectivity index (χ4n) is 2.16. The highest BCUT2D eigenvalue weighted by Gasteiger charge is 2.48. The van der Waals surface area contributed by atoms with Gasteiger partial charge in [-0.25, -0.2) is 8.42 Å². The summed E-state index contributed by atoms with van der Waals surface area (Å²) >= 11 is 0. The SMILES string of the molecule is NCC1(C(=O)NCC2CCCS2(=O)=O)CC1. The molecule has 0 radical (unpaired) electrons. The van der Waals surface area contributed by atoms with Crippen LogP contribution in [0, 0.1) is 5.41 Å². The van der Waals surface area contributed by atoms with Gasteiger partial charge in [0.1, 0.15) is 0 Å². The van der Waals surface area contributed by atoms with Gasteiger partial charge in [0.05, 0.1) is 16.4 Å². The molecule has 2 aliphatic rings. The molecule has 3 N–H and O–H groups in total. The molecule has 1 aliphatic carbocycles. The molecule has 0 aromatic heterocycles. The molecule has 92 valence electrons. The van der Waals surface area contributed by atoms with Crippen LogP contribution in [0.4, 0.5) is 0 Å². The van der Waals surface area contributed by atoms with Crippen molar-refractivity contribution in [3.8, 4) is 0 Å². The van der Waals surface area contributed by atoms with Crippen molar-refractivity contribution in [3.63, 3.8) is 0 Å². The van der Waals surface area contributed by atoms with Crippen LogP contribution >= 0.6 is 0 Å². The molecule has 0 aromatic rings. The molecule has 5 nitrogen and oxygen atoms in total. The van der Waals surface area contributed by atoms with Crippen molar-refractivity contribution in [2.24, 2.45) is 11.1 Å². The lowest BCUT2D eigenvalue weighted by atomic mass is 10.1. The number of nitrogens with two attached hydrogens (primary N) is 1. The number of carbonyl (C=O) groups is 1. The number of nitrogens with one attached hydrogen (secondary N) is 1. The third-order valence-electron chi connectivity index (χ3n) is 3.68. The van der Waals surface area contributed by atoms with Crippen molar-refractivity contribution >= 4 is 15.7 Å². The van der Waals surface area contributed by atoms with Crippen LogP contribution in [0.1, 0.15) is 25.7 Å². The fourth-order valence-corrected chi connectivity index (χ4v) is 3.92. The van der Waals surface area contributed by atoms with Crippen LogP contribution in [0.25, 0.3) is 0 Å². The van der Waals surface area contributed by atoms with Crippen molar-refractivity contribution in [2.45, 2.75) is 30.9 Å². The summed E-state index contributed by atoms with van der Waals surface area (Å²) in [7, 11) is -2.96. The summed E-state index contributed by atoms with van der Waals surface area (Å²) in [5, 5.41) is 2.35. The highest BCUT2D eigenvalue weighted by molar-refractivity contribution is 7.92. The minimum absolute atomic E-state index is 0.0721.